The van der Waals surface area contributed by atoms with Crippen molar-refractivity contribution in [2.45, 2.75) is 12.2 Å². The molecular formula is C7H6INO3. The molecule has 0 bridgehead atoms. The van der Waals surface area contributed by atoms with Crippen molar-refractivity contribution in [3.8, 4) is 6.07 Å². The molecule has 12 heavy (non-hydrogen) atoms. The Morgan fingerprint density at radius 2 is 2.17 bits per heavy atom. The molecule has 1 aromatic heterocycles. The molecule has 0 amide bonds. The number of nitrogens with zero attached hydrogens (tertiary/aromatic N) is 1. The van der Waals surface area contributed by atoms with Crippen molar-refractivity contribution in [2.75, 3.05) is 0 Å². The summed E-state index contributed by atoms with van der Waals surface area (Å²) in [7, 11) is 0. The zero-order chi connectivity index (χ0) is 9.14. The van der Waals surface area contributed by atoms with Gasteiger partial charge in [-0.3, -0.25) is 0 Å². The number of hydrogen-bond donors (Lipinski definition) is 2. The van der Waals surface area contributed by atoms with Crippen molar-refractivity contribution in [1.29, 1.82) is 5.26 Å². The second kappa shape index (κ2) is 3.89. The van der Waals surface area contributed by atoms with Crippen LogP contribution in [0.1, 0.15) is 11.9 Å². The number of aliphatic hydroxyl groups excluding tert-OH is 2. The van der Waals surface area contributed by atoms with Crippen molar-refractivity contribution in [3.63, 3.8) is 0 Å². The summed E-state index contributed by atoms with van der Waals surface area (Å²) in [6.45, 7) is 0. The van der Waals surface area contributed by atoms with Crippen LogP contribution in [0.3, 0.4) is 0 Å². The molecule has 1 rings (SSSR count). The summed E-state index contributed by atoms with van der Waals surface area (Å²) in [4.78, 5) is 0. The monoisotopic (exact) mass is 279 g/mol. The minimum absolute atomic E-state index is 0.202. The summed E-state index contributed by atoms with van der Waals surface area (Å²) < 4.78 is 5.60. The van der Waals surface area contributed by atoms with E-state index >= 15 is 0 Å². The van der Waals surface area contributed by atoms with Crippen LogP contribution in [0.15, 0.2) is 16.5 Å². The molecule has 0 aromatic carbocycles. The molecule has 0 fully saturated rings. The van der Waals surface area contributed by atoms with Crippen LogP contribution < -0.4 is 0 Å². The maximum absolute atomic E-state index is 9.23. The van der Waals surface area contributed by atoms with Gasteiger partial charge in [0.15, 0.2) is 16.0 Å². The maximum Gasteiger partial charge on any atom is 0.173 e. The molecule has 0 saturated carbocycles. The van der Waals surface area contributed by atoms with Crippen LogP contribution in [0.4, 0.5) is 0 Å². The SMILES string of the molecule is N#CC(O)C(O)c1ccc(I)o1. The highest BCUT2D eigenvalue weighted by atomic mass is 127. The third-order valence-corrected chi connectivity index (χ3v) is 1.90. The maximum atomic E-state index is 9.23. The minimum atomic E-state index is -1.44. The molecular weight excluding hydrogens is 273 g/mol. The van der Waals surface area contributed by atoms with Gasteiger partial charge in [0.25, 0.3) is 0 Å². The molecule has 4 nitrogen and oxygen atoms in total. The fourth-order valence-corrected chi connectivity index (χ4v) is 1.15. The van der Waals surface area contributed by atoms with E-state index < -0.39 is 12.2 Å². The summed E-state index contributed by atoms with van der Waals surface area (Å²) in [6.07, 6.45) is -2.70. The quantitative estimate of drug-likeness (QED) is 0.620. The van der Waals surface area contributed by atoms with Crippen molar-refractivity contribution in [3.05, 3.63) is 21.7 Å². The highest BCUT2D eigenvalue weighted by Gasteiger charge is 2.20. The third-order valence-electron chi connectivity index (χ3n) is 1.32. The van der Waals surface area contributed by atoms with E-state index in [0.29, 0.717) is 3.77 Å². The molecule has 2 unspecified atom stereocenters. The van der Waals surface area contributed by atoms with E-state index in [2.05, 4.69) is 0 Å². The first-order chi connectivity index (χ1) is 5.65. The van der Waals surface area contributed by atoms with Crippen LogP contribution in [0, 0.1) is 15.1 Å². The first kappa shape index (κ1) is 9.51. The molecule has 0 radical (unpaired) electrons. The Morgan fingerprint density at radius 3 is 2.58 bits per heavy atom. The van der Waals surface area contributed by atoms with Gasteiger partial charge in [0.2, 0.25) is 0 Å². The molecule has 0 aliphatic rings. The lowest BCUT2D eigenvalue weighted by atomic mass is 10.2. The van der Waals surface area contributed by atoms with Gasteiger partial charge in [-0.15, -0.1) is 0 Å². The largest absolute Gasteiger partial charge is 0.452 e. The molecule has 1 heterocycles. The number of hydrogen-bond acceptors (Lipinski definition) is 4. The van der Waals surface area contributed by atoms with Gasteiger partial charge >= 0.3 is 0 Å². The van der Waals surface area contributed by atoms with Gasteiger partial charge < -0.3 is 14.6 Å². The highest BCUT2D eigenvalue weighted by Crippen LogP contribution is 2.20. The zero-order valence-electron chi connectivity index (χ0n) is 5.94. The zero-order valence-corrected chi connectivity index (χ0v) is 8.09. The summed E-state index contributed by atoms with van der Waals surface area (Å²) in [5, 5.41) is 26.4. The number of furan rings is 1. The standard InChI is InChI=1S/C7H6INO3/c8-6-2-1-5(12-6)7(11)4(10)3-9/h1-2,4,7,10-11H. The Bertz CT molecular complexity index is 304. The van der Waals surface area contributed by atoms with Crippen molar-refractivity contribution in [1.82, 2.24) is 0 Å². The van der Waals surface area contributed by atoms with Gasteiger partial charge in [-0.2, -0.15) is 5.26 Å². The summed E-state index contributed by atoms with van der Waals surface area (Å²) in [5.41, 5.74) is 0. The lowest BCUT2D eigenvalue weighted by Gasteiger charge is -2.07. The average Bonchev–Trinajstić information content (AvgIpc) is 2.49. The van der Waals surface area contributed by atoms with E-state index in [1.165, 1.54) is 12.1 Å². The van der Waals surface area contributed by atoms with Gasteiger partial charge in [-0.25, -0.2) is 0 Å². The number of rotatable bonds is 2. The molecule has 64 valence electrons. The van der Waals surface area contributed by atoms with Crippen LogP contribution >= 0.6 is 22.6 Å². The smallest absolute Gasteiger partial charge is 0.173 e. The Kier molecular flexibility index (Phi) is 3.08. The van der Waals surface area contributed by atoms with Crippen LogP contribution in [0.2, 0.25) is 0 Å². The Balaban J connectivity index is 2.79. The van der Waals surface area contributed by atoms with Crippen molar-refractivity contribution < 1.29 is 14.6 Å². The van der Waals surface area contributed by atoms with Gasteiger partial charge in [-0.05, 0) is 34.7 Å². The highest BCUT2D eigenvalue weighted by molar-refractivity contribution is 14.1. The number of nitriles is 1. The molecule has 2 atom stereocenters. The Hall–Kier alpha value is -0.580. The Morgan fingerprint density at radius 1 is 1.50 bits per heavy atom. The molecule has 5 heteroatoms. The molecule has 0 aliphatic carbocycles. The molecule has 0 spiro atoms. The van der Waals surface area contributed by atoms with Crippen molar-refractivity contribution >= 4 is 22.6 Å². The van der Waals surface area contributed by atoms with Crippen molar-refractivity contribution in [2.24, 2.45) is 0 Å². The van der Waals surface area contributed by atoms with Gasteiger partial charge in [0.1, 0.15) is 5.76 Å². The molecule has 2 N–H and O–H groups in total. The fourth-order valence-electron chi connectivity index (χ4n) is 0.713. The molecule has 0 aliphatic heterocycles. The van der Waals surface area contributed by atoms with Crippen LogP contribution in [-0.2, 0) is 0 Å². The second-order valence-corrected chi connectivity index (χ2v) is 3.22. The van der Waals surface area contributed by atoms with Gasteiger partial charge in [0, 0.05) is 0 Å². The van der Waals surface area contributed by atoms with E-state index in [0.717, 1.165) is 0 Å². The average molecular weight is 279 g/mol. The van der Waals surface area contributed by atoms with E-state index in [1.54, 1.807) is 6.07 Å². The molecule has 0 saturated heterocycles. The first-order valence-electron chi connectivity index (χ1n) is 3.16. The summed E-state index contributed by atoms with van der Waals surface area (Å²) >= 11 is 1.93. The number of aliphatic hydroxyl groups is 2. The lowest BCUT2D eigenvalue weighted by Crippen LogP contribution is -2.14. The normalized spacial score (nSPS) is 15.2. The van der Waals surface area contributed by atoms with E-state index in [1.807, 2.05) is 22.6 Å². The van der Waals surface area contributed by atoms with Gasteiger partial charge in [0.05, 0.1) is 6.07 Å². The van der Waals surface area contributed by atoms with E-state index in [4.69, 9.17) is 14.8 Å². The van der Waals surface area contributed by atoms with Gasteiger partial charge in [-0.1, -0.05) is 0 Å². The van der Waals surface area contributed by atoms with Crippen LogP contribution in [0.25, 0.3) is 0 Å². The number of halogens is 1. The predicted octanol–water partition coefficient (Wildman–Crippen LogP) is 0.802. The fraction of sp³-hybridized carbons (Fsp3) is 0.286. The van der Waals surface area contributed by atoms with Crippen LogP contribution in [-0.4, -0.2) is 16.3 Å². The second-order valence-electron chi connectivity index (χ2n) is 2.16. The predicted molar refractivity (Wildman–Crippen MR) is 48.0 cm³/mol. The van der Waals surface area contributed by atoms with Crippen LogP contribution in [0.5, 0.6) is 0 Å². The lowest BCUT2D eigenvalue weighted by molar-refractivity contribution is 0.0370. The van der Waals surface area contributed by atoms with E-state index in [9.17, 15) is 5.11 Å². The molecule has 1 aromatic rings. The minimum Gasteiger partial charge on any atom is -0.452 e. The third kappa shape index (κ3) is 1.97. The first-order valence-corrected chi connectivity index (χ1v) is 4.24. The Labute approximate surface area is 82.6 Å². The summed E-state index contributed by atoms with van der Waals surface area (Å²) in [6, 6.07) is 4.68. The topological polar surface area (TPSA) is 77.4 Å². The van der Waals surface area contributed by atoms with E-state index in [-0.39, 0.29) is 5.76 Å². The summed E-state index contributed by atoms with van der Waals surface area (Å²) in [5.74, 6) is 0.202.